The Kier molecular flexibility index (Phi) is 4.52. The number of fused-ring (bicyclic) bond motifs is 1. The summed E-state index contributed by atoms with van der Waals surface area (Å²) in [5.74, 6) is 0.157. The van der Waals surface area contributed by atoms with Crippen molar-refractivity contribution >= 4 is 11.6 Å². The number of amides is 1. The first kappa shape index (κ1) is 14.0. The molecule has 3 N–H and O–H groups in total. The van der Waals surface area contributed by atoms with Gasteiger partial charge in [0, 0.05) is 32.2 Å². The summed E-state index contributed by atoms with van der Waals surface area (Å²) in [6, 6.07) is 6.04. The fraction of sp³-hybridized carbons (Fsp3) is 0.500. The Morgan fingerprint density at radius 3 is 2.95 bits per heavy atom. The third-order valence-corrected chi connectivity index (χ3v) is 3.41. The van der Waals surface area contributed by atoms with Crippen LogP contribution in [0.25, 0.3) is 0 Å². The zero-order valence-electron chi connectivity index (χ0n) is 11.1. The van der Waals surface area contributed by atoms with Gasteiger partial charge in [0.2, 0.25) is 5.91 Å². The third kappa shape index (κ3) is 3.32. The summed E-state index contributed by atoms with van der Waals surface area (Å²) in [6.07, 6.45) is 0.622. The molecule has 1 aliphatic rings. The van der Waals surface area contributed by atoms with E-state index in [2.05, 4.69) is 11.4 Å². The van der Waals surface area contributed by atoms with Crippen LogP contribution in [0, 0.1) is 0 Å². The Labute approximate surface area is 112 Å². The van der Waals surface area contributed by atoms with E-state index in [1.54, 1.807) is 11.9 Å². The van der Waals surface area contributed by atoms with Crippen molar-refractivity contribution in [1.82, 2.24) is 5.32 Å². The highest BCUT2D eigenvalue weighted by molar-refractivity contribution is 5.95. The number of rotatable bonds is 5. The summed E-state index contributed by atoms with van der Waals surface area (Å²) in [6.45, 7) is 0.776. The first-order chi connectivity index (χ1) is 9.11. The normalized spacial score (nSPS) is 16.4. The van der Waals surface area contributed by atoms with E-state index < -0.39 is 6.10 Å². The van der Waals surface area contributed by atoms with Crippen LogP contribution in [0.3, 0.4) is 0 Å². The van der Waals surface area contributed by atoms with Crippen LogP contribution in [0.15, 0.2) is 18.2 Å². The molecule has 0 fully saturated rings. The summed E-state index contributed by atoms with van der Waals surface area (Å²) in [7, 11) is 1.80. The second-order valence-electron chi connectivity index (χ2n) is 4.88. The van der Waals surface area contributed by atoms with Gasteiger partial charge in [0.1, 0.15) is 0 Å². The minimum Gasteiger partial charge on any atom is -0.394 e. The lowest BCUT2D eigenvalue weighted by molar-refractivity contribution is -0.118. The van der Waals surface area contributed by atoms with Crippen LogP contribution in [-0.2, 0) is 17.8 Å². The van der Waals surface area contributed by atoms with E-state index in [0.29, 0.717) is 19.5 Å². The molecule has 0 radical (unpaired) electrons. The zero-order chi connectivity index (χ0) is 13.8. The number of carbonyl (C=O) groups excluding carboxylic acids is 1. The summed E-state index contributed by atoms with van der Waals surface area (Å²) in [5.41, 5.74) is 3.28. The summed E-state index contributed by atoms with van der Waals surface area (Å²) < 4.78 is 0. The smallest absolute Gasteiger partial charge is 0.227 e. The lowest BCUT2D eigenvalue weighted by Crippen LogP contribution is -2.31. The molecule has 1 atom stereocenters. The summed E-state index contributed by atoms with van der Waals surface area (Å²) >= 11 is 0. The summed E-state index contributed by atoms with van der Waals surface area (Å²) in [5, 5.41) is 21.0. The Morgan fingerprint density at radius 1 is 1.42 bits per heavy atom. The highest BCUT2D eigenvalue weighted by Crippen LogP contribution is 2.27. The van der Waals surface area contributed by atoms with Crippen LogP contribution in [0.1, 0.15) is 17.5 Å². The van der Waals surface area contributed by atoms with Gasteiger partial charge in [-0.05, 0) is 23.6 Å². The molecule has 1 aromatic carbocycles. The van der Waals surface area contributed by atoms with E-state index in [1.807, 2.05) is 12.1 Å². The molecule has 2 rings (SSSR count). The first-order valence-electron chi connectivity index (χ1n) is 6.50. The van der Waals surface area contributed by atoms with Gasteiger partial charge in [-0.1, -0.05) is 12.1 Å². The van der Waals surface area contributed by atoms with Crippen molar-refractivity contribution in [1.29, 1.82) is 0 Å². The van der Waals surface area contributed by atoms with Crippen LogP contribution in [0.5, 0.6) is 0 Å². The van der Waals surface area contributed by atoms with Gasteiger partial charge in [0.25, 0.3) is 0 Å². The van der Waals surface area contributed by atoms with Gasteiger partial charge in [-0.2, -0.15) is 0 Å². The van der Waals surface area contributed by atoms with Crippen molar-refractivity contribution in [2.45, 2.75) is 25.5 Å². The number of aliphatic hydroxyl groups is 2. The van der Waals surface area contributed by atoms with Gasteiger partial charge in [0.05, 0.1) is 12.7 Å². The zero-order valence-corrected chi connectivity index (χ0v) is 11.1. The van der Waals surface area contributed by atoms with Crippen molar-refractivity contribution in [2.75, 3.05) is 25.1 Å². The van der Waals surface area contributed by atoms with Gasteiger partial charge >= 0.3 is 0 Å². The van der Waals surface area contributed by atoms with Crippen LogP contribution in [-0.4, -0.2) is 42.4 Å². The molecule has 0 spiro atoms. The molecule has 19 heavy (non-hydrogen) atoms. The number of anilines is 1. The van der Waals surface area contributed by atoms with Gasteiger partial charge in [0.15, 0.2) is 0 Å². The van der Waals surface area contributed by atoms with Gasteiger partial charge in [-0.3, -0.25) is 4.79 Å². The second kappa shape index (κ2) is 6.14. The van der Waals surface area contributed by atoms with E-state index in [0.717, 1.165) is 17.7 Å². The molecule has 0 bridgehead atoms. The number of hydrogen-bond donors (Lipinski definition) is 3. The number of benzene rings is 1. The molecule has 5 heteroatoms. The highest BCUT2D eigenvalue weighted by Gasteiger charge is 2.20. The number of aryl methyl sites for hydroxylation is 1. The minimum absolute atomic E-state index is 0.157. The molecule has 0 aromatic heterocycles. The Bertz CT molecular complexity index is 462. The molecule has 5 nitrogen and oxygen atoms in total. The molecule has 1 unspecified atom stereocenters. The monoisotopic (exact) mass is 264 g/mol. The number of nitrogens with zero attached hydrogens (tertiary/aromatic N) is 1. The minimum atomic E-state index is -0.721. The van der Waals surface area contributed by atoms with Crippen LogP contribution >= 0.6 is 0 Å². The van der Waals surface area contributed by atoms with E-state index in [-0.39, 0.29) is 12.5 Å². The van der Waals surface area contributed by atoms with Crippen molar-refractivity contribution < 1.29 is 15.0 Å². The average Bonchev–Trinajstić information content (AvgIpc) is 2.43. The number of aliphatic hydroxyl groups excluding tert-OH is 2. The molecule has 1 amide bonds. The molecular weight excluding hydrogens is 244 g/mol. The Balaban J connectivity index is 1.99. The maximum Gasteiger partial charge on any atom is 0.227 e. The third-order valence-electron chi connectivity index (χ3n) is 3.41. The quantitative estimate of drug-likeness (QED) is 0.702. The number of nitrogens with one attached hydrogen (secondary N) is 1. The van der Waals surface area contributed by atoms with E-state index in [4.69, 9.17) is 5.11 Å². The predicted molar refractivity (Wildman–Crippen MR) is 73.0 cm³/mol. The van der Waals surface area contributed by atoms with Crippen LogP contribution in [0.2, 0.25) is 0 Å². The molecule has 1 heterocycles. The molecule has 0 aliphatic carbocycles. The standard InChI is InChI=1S/C14H20N2O3/c1-16-13-4-2-10(7-15-8-12(18)9-17)6-11(13)3-5-14(16)19/h2,4,6,12,15,17-18H,3,5,7-9H2,1H3. The number of carbonyl (C=O) groups is 1. The SMILES string of the molecule is CN1C(=O)CCc2cc(CNCC(O)CO)ccc21. The van der Waals surface area contributed by atoms with Gasteiger partial charge in [-0.25, -0.2) is 0 Å². The lowest BCUT2D eigenvalue weighted by Gasteiger charge is -2.26. The largest absolute Gasteiger partial charge is 0.394 e. The van der Waals surface area contributed by atoms with E-state index >= 15 is 0 Å². The number of hydrogen-bond acceptors (Lipinski definition) is 4. The summed E-state index contributed by atoms with van der Waals surface area (Å²) in [4.78, 5) is 13.3. The second-order valence-corrected chi connectivity index (χ2v) is 4.88. The molecule has 1 aliphatic heterocycles. The molecular formula is C14H20N2O3. The maximum atomic E-state index is 11.6. The average molecular weight is 264 g/mol. The molecule has 0 saturated heterocycles. The van der Waals surface area contributed by atoms with E-state index in [9.17, 15) is 9.90 Å². The van der Waals surface area contributed by atoms with Crippen molar-refractivity contribution in [3.63, 3.8) is 0 Å². The lowest BCUT2D eigenvalue weighted by atomic mass is 9.99. The predicted octanol–water partition coefficient (Wildman–Crippen LogP) is 0.0384. The van der Waals surface area contributed by atoms with Gasteiger partial charge < -0.3 is 20.4 Å². The molecule has 1 aromatic rings. The fourth-order valence-electron chi connectivity index (χ4n) is 2.27. The van der Waals surface area contributed by atoms with Crippen molar-refractivity contribution in [3.8, 4) is 0 Å². The fourth-order valence-corrected chi connectivity index (χ4v) is 2.27. The molecule has 0 saturated carbocycles. The Hall–Kier alpha value is -1.43. The van der Waals surface area contributed by atoms with Crippen molar-refractivity contribution in [3.05, 3.63) is 29.3 Å². The first-order valence-corrected chi connectivity index (χ1v) is 6.50. The maximum absolute atomic E-state index is 11.6. The topological polar surface area (TPSA) is 72.8 Å². The van der Waals surface area contributed by atoms with Crippen molar-refractivity contribution in [2.24, 2.45) is 0 Å². The van der Waals surface area contributed by atoms with Gasteiger partial charge in [-0.15, -0.1) is 0 Å². The van der Waals surface area contributed by atoms with E-state index in [1.165, 1.54) is 5.56 Å². The molecule has 104 valence electrons. The Morgan fingerprint density at radius 2 is 2.21 bits per heavy atom. The highest BCUT2D eigenvalue weighted by atomic mass is 16.3. The van der Waals surface area contributed by atoms with Crippen LogP contribution in [0.4, 0.5) is 5.69 Å². The van der Waals surface area contributed by atoms with Crippen LogP contribution < -0.4 is 10.2 Å².